The Morgan fingerprint density at radius 2 is 1.21 bits per heavy atom. The number of hydrogen-bond donors (Lipinski definition) is 0. The first-order chi connectivity index (χ1) is 30.8. The summed E-state index contributed by atoms with van der Waals surface area (Å²) < 4.78 is 0. The highest BCUT2D eigenvalue weighted by atomic mass is 14.3. The van der Waals surface area contributed by atoms with Gasteiger partial charge in [-0.05, 0) is 144 Å². The van der Waals surface area contributed by atoms with Crippen LogP contribution in [0.15, 0.2) is 186 Å². The highest BCUT2D eigenvalue weighted by Gasteiger charge is 2.30. The Morgan fingerprint density at radius 3 is 1.81 bits per heavy atom. The van der Waals surface area contributed by atoms with Crippen molar-refractivity contribution in [3.8, 4) is 11.1 Å². The van der Waals surface area contributed by atoms with E-state index in [9.17, 15) is 0 Å². The summed E-state index contributed by atoms with van der Waals surface area (Å²) in [4.78, 5) is 0. The molecule has 0 heteroatoms. The van der Waals surface area contributed by atoms with Gasteiger partial charge in [0.05, 0.1) is 0 Å². The molecule has 0 nitrogen and oxygen atoms in total. The molecule has 63 heavy (non-hydrogen) atoms. The van der Waals surface area contributed by atoms with E-state index in [2.05, 4.69) is 199 Å². The van der Waals surface area contributed by atoms with Crippen LogP contribution in [0.1, 0.15) is 173 Å². The highest BCUT2D eigenvalue weighted by molar-refractivity contribution is 5.93. The van der Waals surface area contributed by atoms with Crippen LogP contribution in [0.4, 0.5) is 0 Å². The lowest BCUT2D eigenvalue weighted by Gasteiger charge is -2.19. The average Bonchev–Trinajstić information content (AvgIpc) is 3.80. The standard InChI is InChI=1S/C28H24.C22H26.C7H10.3C2H6/c1-17-21-7-3-5-9-25(21)27-15-19(11-13-23(17)27)20-12-14-24-18(2)22-8-4-6-10-26(22)28(24)16-20;1-4-11-22(21-14-9-6-10-15-21)17-18(2)16-19(3)20-12-7-5-8-13-20;1-7-5-3-2-4-6-7;3*1-2/h3-11,13,15-18H,12,14H2,1-2H3;5-9,11-14,16-17H,4,10,15H2,1-3H3;2-3,5H,4,6H2,1H3;3*1-2H3/b;18-17-,19-16+,22-11-;;;;. The molecular formula is C63H78. The van der Waals surface area contributed by atoms with Gasteiger partial charge in [-0.1, -0.05) is 231 Å². The van der Waals surface area contributed by atoms with Crippen molar-refractivity contribution in [3.63, 3.8) is 0 Å². The van der Waals surface area contributed by atoms with Gasteiger partial charge in [-0.15, -0.1) is 0 Å². The van der Waals surface area contributed by atoms with E-state index >= 15 is 0 Å². The molecule has 0 heterocycles. The number of benzene rings is 4. The SMILES string of the molecule is CC.CC.CC.CC/C=C(/C=C(C)\C=C(/C)c1ccccc1)C1=CC=CCC1.CC1=CC=CCC1.CC1C2=C(C=C(c3ccc4c(c3)-c3ccccc3C4C)CC2)c2ccccc21. The molecule has 4 aromatic carbocycles. The van der Waals surface area contributed by atoms with Gasteiger partial charge >= 0.3 is 0 Å². The Bertz CT molecular complexity index is 2370. The van der Waals surface area contributed by atoms with Gasteiger partial charge in [0, 0.05) is 11.8 Å². The van der Waals surface area contributed by atoms with Crippen LogP contribution in [0, 0.1) is 0 Å². The molecule has 4 aromatic rings. The van der Waals surface area contributed by atoms with Gasteiger partial charge in [0.25, 0.3) is 0 Å². The third-order valence-electron chi connectivity index (χ3n) is 12.3. The van der Waals surface area contributed by atoms with Gasteiger partial charge in [-0.25, -0.2) is 0 Å². The zero-order valence-electron chi connectivity index (χ0n) is 41.1. The lowest BCUT2D eigenvalue weighted by molar-refractivity contribution is 0.830. The van der Waals surface area contributed by atoms with Crippen LogP contribution >= 0.6 is 0 Å². The molecule has 0 spiro atoms. The van der Waals surface area contributed by atoms with Crippen LogP contribution < -0.4 is 0 Å². The maximum atomic E-state index is 2.48. The first kappa shape index (κ1) is 50.2. The van der Waals surface area contributed by atoms with Gasteiger partial charge in [0.15, 0.2) is 0 Å². The summed E-state index contributed by atoms with van der Waals surface area (Å²) in [7, 11) is 0. The van der Waals surface area contributed by atoms with Gasteiger partial charge < -0.3 is 0 Å². The molecule has 0 saturated carbocycles. The zero-order valence-corrected chi connectivity index (χ0v) is 41.1. The van der Waals surface area contributed by atoms with Crippen LogP contribution in [0.3, 0.4) is 0 Å². The van der Waals surface area contributed by atoms with Crippen molar-refractivity contribution in [2.45, 2.75) is 140 Å². The fraction of sp³-hybridized carbons (Fsp3) is 0.333. The maximum absolute atomic E-state index is 2.48. The van der Waals surface area contributed by atoms with E-state index in [-0.39, 0.29) is 0 Å². The van der Waals surface area contributed by atoms with Crippen LogP contribution in [0.2, 0.25) is 0 Å². The topological polar surface area (TPSA) is 0 Å². The Hall–Kier alpha value is -5.46. The molecule has 0 aliphatic heterocycles. The summed E-state index contributed by atoms with van der Waals surface area (Å²) in [6.07, 6.45) is 30.8. The van der Waals surface area contributed by atoms with Gasteiger partial charge in [-0.2, -0.15) is 0 Å². The van der Waals surface area contributed by atoms with E-state index in [1.165, 1.54) is 103 Å². The minimum absolute atomic E-state index is 0.498. The molecule has 0 amide bonds. The van der Waals surface area contributed by atoms with E-state index in [1.807, 2.05) is 41.5 Å². The van der Waals surface area contributed by atoms with E-state index in [1.54, 1.807) is 5.57 Å². The van der Waals surface area contributed by atoms with Crippen molar-refractivity contribution in [1.29, 1.82) is 0 Å². The minimum Gasteiger partial charge on any atom is -0.0842 e. The normalized spacial score (nSPS) is 17.9. The van der Waals surface area contributed by atoms with Crippen molar-refractivity contribution >= 4 is 16.7 Å². The predicted octanol–water partition coefficient (Wildman–Crippen LogP) is 19.6. The van der Waals surface area contributed by atoms with Crippen molar-refractivity contribution in [2.24, 2.45) is 0 Å². The summed E-state index contributed by atoms with van der Waals surface area (Å²) in [5.41, 5.74) is 23.0. The molecule has 0 aromatic heterocycles. The van der Waals surface area contributed by atoms with Crippen molar-refractivity contribution in [3.05, 3.63) is 219 Å². The summed E-state index contributed by atoms with van der Waals surface area (Å²) >= 11 is 0. The van der Waals surface area contributed by atoms with Crippen molar-refractivity contribution < 1.29 is 0 Å². The van der Waals surface area contributed by atoms with Crippen LogP contribution in [0.5, 0.6) is 0 Å². The fourth-order valence-electron chi connectivity index (χ4n) is 9.11. The second-order valence-corrected chi connectivity index (χ2v) is 16.3. The van der Waals surface area contributed by atoms with Crippen LogP contribution in [-0.4, -0.2) is 0 Å². The first-order valence-corrected chi connectivity index (χ1v) is 24.4. The van der Waals surface area contributed by atoms with E-state index in [4.69, 9.17) is 0 Å². The quantitative estimate of drug-likeness (QED) is 0.170. The molecule has 0 N–H and O–H groups in total. The monoisotopic (exact) mass is 835 g/mol. The zero-order chi connectivity index (χ0) is 45.7. The smallest absolute Gasteiger partial charge is 0.00733 e. The molecule has 0 bridgehead atoms. The number of allylic oxidation sites excluding steroid dienone is 18. The second kappa shape index (κ2) is 26.2. The molecule has 2 atom stereocenters. The Labute approximate surface area is 385 Å². The van der Waals surface area contributed by atoms with Crippen molar-refractivity contribution in [2.75, 3.05) is 0 Å². The van der Waals surface area contributed by atoms with Gasteiger partial charge in [0.1, 0.15) is 0 Å². The number of fused-ring (bicyclic) bond motifs is 5. The Morgan fingerprint density at radius 1 is 0.603 bits per heavy atom. The molecule has 0 saturated heterocycles. The number of rotatable bonds is 6. The van der Waals surface area contributed by atoms with Crippen LogP contribution in [0.25, 0.3) is 27.8 Å². The predicted molar refractivity (Wildman–Crippen MR) is 283 cm³/mol. The minimum atomic E-state index is 0.498. The third-order valence-corrected chi connectivity index (χ3v) is 12.3. The highest BCUT2D eigenvalue weighted by Crippen LogP contribution is 2.50. The molecule has 5 aliphatic carbocycles. The van der Waals surface area contributed by atoms with E-state index in [0.717, 1.165) is 25.7 Å². The molecule has 0 radical (unpaired) electrons. The van der Waals surface area contributed by atoms with Crippen LogP contribution in [-0.2, 0) is 0 Å². The summed E-state index contributed by atoms with van der Waals surface area (Å²) in [5, 5.41) is 0. The summed E-state index contributed by atoms with van der Waals surface area (Å²) in [5.74, 6) is 1.06. The Balaban J connectivity index is 0.000000221. The van der Waals surface area contributed by atoms with E-state index in [0.29, 0.717) is 11.8 Å². The third kappa shape index (κ3) is 13.0. The molecule has 5 aliphatic rings. The maximum Gasteiger partial charge on any atom is 0.00733 e. The van der Waals surface area contributed by atoms with Gasteiger partial charge in [0.2, 0.25) is 0 Å². The van der Waals surface area contributed by atoms with E-state index < -0.39 is 0 Å². The fourth-order valence-corrected chi connectivity index (χ4v) is 9.11. The lowest BCUT2D eigenvalue weighted by atomic mass is 9.85. The largest absolute Gasteiger partial charge is 0.0842 e. The molecule has 330 valence electrons. The average molecular weight is 835 g/mol. The second-order valence-electron chi connectivity index (χ2n) is 16.3. The van der Waals surface area contributed by atoms with Gasteiger partial charge in [-0.3, -0.25) is 0 Å². The van der Waals surface area contributed by atoms with Crippen molar-refractivity contribution in [1.82, 2.24) is 0 Å². The number of hydrogen-bond acceptors (Lipinski definition) is 0. The first-order valence-electron chi connectivity index (χ1n) is 24.4. The Kier molecular flexibility index (Phi) is 20.9. The lowest BCUT2D eigenvalue weighted by Crippen LogP contribution is -1.99. The summed E-state index contributed by atoms with van der Waals surface area (Å²) in [6, 6.07) is 35.6. The summed E-state index contributed by atoms with van der Waals surface area (Å²) in [6.45, 7) is 25.4. The molecule has 0 fully saturated rings. The molecular weight excluding hydrogens is 757 g/mol. The molecule has 9 rings (SSSR count). The molecule has 2 unspecified atom stereocenters.